The summed E-state index contributed by atoms with van der Waals surface area (Å²) in [5, 5.41) is 5.60. The first-order valence-electron chi connectivity index (χ1n) is 9.62. The maximum atomic E-state index is 12.3. The van der Waals surface area contributed by atoms with E-state index < -0.39 is 5.97 Å². The van der Waals surface area contributed by atoms with Gasteiger partial charge in [-0.15, -0.1) is 0 Å². The highest BCUT2D eigenvalue weighted by Gasteiger charge is 2.20. The van der Waals surface area contributed by atoms with Crippen molar-refractivity contribution < 1.29 is 23.7 Å². The number of methoxy groups -OCH3 is 2. The van der Waals surface area contributed by atoms with Gasteiger partial charge in [-0.1, -0.05) is 12.1 Å². The Kier molecular flexibility index (Phi) is 5.67. The average molecular weight is 396 g/mol. The number of carbonyl (C=O) groups excluding carboxylic acids is 1. The first-order chi connectivity index (χ1) is 14.2. The lowest BCUT2D eigenvalue weighted by Crippen LogP contribution is -2.19. The molecule has 29 heavy (non-hydrogen) atoms. The molecule has 152 valence electrons. The number of nitrogens with zero attached hydrogens (tertiary/aromatic N) is 2. The van der Waals surface area contributed by atoms with Crippen LogP contribution in [0.2, 0.25) is 0 Å². The fourth-order valence-corrected chi connectivity index (χ4v) is 3.48. The van der Waals surface area contributed by atoms with Gasteiger partial charge < -0.3 is 18.9 Å². The molecular formula is C22H24N2O5. The highest BCUT2D eigenvalue weighted by atomic mass is 16.5. The van der Waals surface area contributed by atoms with Gasteiger partial charge in [0.05, 0.1) is 25.8 Å². The molecule has 0 atom stereocenters. The number of hydrogen-bond donors (Lipinski definition) is 0. The summed E-state index contributed by atoms with van der Waals surface area (Å²) < 4.78 is 23.5. The van der Waals surface area contributed by atoms with Gasteiger partial charge in [-0.3, -0.25) is 4.68 Å². The SMILES string of the molecule is COC(=O)c1cc2cn(C3CCOCC3)nc2cc1OCc1ccc(OC)cc1. The molecule has 0 bridgehead atoms. The van der Waals surface area contributed by atoms with E-state index in [2.05, 4.69) is 0 Å². The van der Waals surface area contributed by atoms with Crippen molar-refractivity contribution in [3.63, 3.8) is 0 Å². The van der Waals surface area contributed by atoms with Crippen molar-refractivity contribution in [2.75, 3.05) is 27.4 Å². The first-order valence-corrected chi connectivity index (χ1v) is 9.62. The number of rotatable bonds is 6. The minimum Gasteiger partial charge on any atom is -0.497 e. The van der Waals surface area contributed by atoms with Crippen LogP contribution in [0, 0.1) is 0 Å². The molecule has 3 aromatic rings. The van der Waals surface area contributed by atoms with Crippen LogP contribution in [0.25, 0.3) is 10.9 Å². The lowest BCUT2D eigenvalue weighted by Gasteiger charge is -2.22. The Morgan fingerprint density at radius 3 is 2.62 bits per heavy atom. The van der Waals surface area contributed by atoms with Gasteiger partial charge in [0.2, 0.25) is 0 Å². The molecule has 1 fully saturated rings. The third-order valence-electron chi connectivity index (χ3n) is 5.15. The maximum absolute atomic E-state index is 12.3. The summed E-state index contributed by atoms with van der Waals surface area (Å²) in [7, 11) is 2.99. The molecular weight excluding hydrogens is 372 g/mol. The van der Waals surface area contributed by atoms with Gasteiger partial charge in [0.15, 0.2) is 0 Å². The van der Waals surface area contributed by atoms with E-state index in [-0.39, 0.29) is 0 Å². The van der Waals surface area contributed by atoms with E-state index in [1.807, 2.05) is 35.1 Å². The molecule has 0 aliphatic carbocycles. The Morgan fingerprint density at radius 2 is 1.93 bits per heavy atom. The average Bonchev–Trinajstić information content (AvgIpc) is 3.20. The summed E-state index contributed by atoms with van der Waals surface area (Å²) in [5.74, 6) is 0.803. The quantitative estimate of drug-likeness (QED) is 0.591. The number of carbonyl (C=O) groups is 1. The number of aromatic nitrogens is 2. The van der Waals surface area contributed by atoms with Gasteiger partial charge in [0.25, 0.3) is 0 Å². The van der Waals surface area contributed by atoms with Crippen molar-refractivity contribution in [2.45, 2.75) is 25.5 Å². The van der Waals surface area contributed by atoms with Gasteiger partial charge in [0.1, 0.15) is 23.7 Å². The lowest BCUT2D eigenvalue weighted by atomic mass is 10.1. The third kappa shape index (κ3) is 4.19. The molecule has 0 unspecified atom stereocenters. The third-order valence-corrected chi connectivity index (χ3v) is 5.15. The molecule has 1 aromatic heterocycles. The number of fused-ring (bicyclic) bond motifs is 1. The smallest absolute Gasteiger partial charge is 0.341 e. The van der Waals surface area contributed by atoms with Crippen LogP contribution in [0.3, 0.4) is 0 Å². The van der Waals surface area contributed by atoms with Gasteiger partial charge in [-0.05, 0) is 36.6 Å². The van der Waals surface area contributed by atoms with Crippen LogP contribution in [0.15, 0.2) is 42.6 Å². The van der Waals surface area contributed by atoms with Crippen molar-refractivity contribution in [1.82, 2.24) is 9.78 Å². The van der Waals surface area contributed by atoms with Gasteiger partial charge in [-0.2, -0.15) is 5.10 Å². The Balaban J connectivity index is 1.62. The van der Waals surface area contributed by atoms with Crippen molar-refractivity contribution >= 4 is 16.9 Å². The molecule has 0 amide bonds. The molecule has 0 saturated carbocycles. The van der Waals surface area contributed by atoms with Crippen LogP contribution in [0.5, 0.6) is 11.5 Å². The summed E-state index contributed by atoms with van der Waals surface area (Å²) in [6, 6.07) is 11.5. The highest BCUT2D eigenvalue weighted by molar-refractivity contribution is 5.97. The van der Waals surface area contributed by atoms with Crippen LogP contribution in [0.4, 0.5) is 0 Å². The second kappa shape index (κ2) is 8.53. The molecule has 2 heterocycles. The van der Waals surface area contributed by atoms with Crippen LogP contribution in [0.1, 0.15) is 34.8 Å². The molecule has 4 rings (SSSR count). The fourth-order valence-electron chi connectivity index (χ4n) is 3.48. The zero-order chi connectivity index (χ0) is 20.2. The zero-order valence-corrected chi connectivity index (χ0v) is 16.6. The normalized spacial score (nSPS) is 14.7. The van der Waals surface area contributed by atoms with Crippen LogP contribution in [-0.4, -0.2) is 43.2 Å². The summed E-state index contributed by atoms with van der Waals surface area (Å²) in [6.07, 6.45) is 3.84. The van der Waals surface area contributed by atoms with Crippen molar-refractivity contribution in [1.29, 1.82) is 0 Å². The largest absolute Gasteiger partial charge is 0.497 e. The minimum atomic E-state index is -0.435. The first kappa shape index (κ1) is 19.3. The molecule has 2 aromatic carbocycles. The number of benzene rings is 2. The summed E-state index contributed by atoms with van der Waals surface area (Å²) in [5.41, 5.74) is 2.14. The second-order valence-corrected chi connectivity index (χ2v) is 6.99. The van der Waals surface area contributed by atoms with Gasteiger partial charge in [-0.25, -0.2) is 4.79 Å². The lowest BCUT2D eigenvalue weighted by molar-refractivity contribution is 0.0595. The highest BCUT2D eigenvalue weighted by Crippen LogP contribution is 2.29. The standard InChI is InChI=1S/C22H24N2O5/c1-26-18-5-3-15(4-6-18)14-29-21-12-20-16(11-19(21)22(25)27-2)13-24(23-20)17-7-9-28-10-8-17/h3-6,11-13,17H,7-10,14H2,1-2H3. The maximum Gasteiger partial charge on any atom is 0.341 e. The number of esters is 1. The molecule has 1 aliphatic rings. The predicted molar refractivity (Wildman–Crippen MR) is 107 cm³/mol. The van der Waals surface area contributed by atoms with Crippen molar-refractivity contribution in [3.8, 4) is 11.5 Å². The zero-order valence-electron chi connectivity index (χ0n) is 16.6. The van der Waals surface area contributed by atoms with Crippen LogP contribution < -0.4 is 9.47 Å². The monoisotopic (exact) mass is 396 g/mol. The van der Waals surface area contributed by atoms with E-state index in [9.17, 15) is 4.79 Å². The number of ether oxygens (including phenoxy) is 4. The van der Waals surface area contributed by atoms with E-state index in [1.54, 1.807) is 19.2 Å². The van der Waals surface area contributed by atoms with Gasteiger partial charge >= 0.3 is 5.97 Å². The van der Waals surface area contributed by atoms with E-state index in [1.165, 1.54) is 7.11 Å². The molecule has 1 saturated heterocycles. The Bertz CT molecular complexity index is 990. The minimum absolute atomic E-state index is 0.307. The van der Waals surface area contributed by atoms with Crippen LogP contribution >= 0.6 is 0 Å². The summed E-state index contributed by atoms with van der Waals surface area (Å²) in [4.78, 5) is 12.3. The molecule has 0 radical (unpaired) electrons. The molecule has 7 nitrogen and oxygen atoms in total. The molecule has 0 N–H and O–H groups in total. The summed E-state index contributed by atoms with van der Waals surface area (Å²) >= 11 is 0. The van der Waals surface area contributed by atoms with Crippen molar-refractivity contribution in [2.24, 2.45) is 0 Å². The molecule has 1 aliphatic heterocycles. The van der Waals surface area contributed by atoms with E-state index >= 15 is 0 Å². The summed E-state index contributed by atoms with van der Waals surface area (Å²) in [6.45, 7) is 1.80. The Morgan fingerprint density at radius 1 is 1.17 bits per heavy atom. The molecule has 7 heteroatoms. The molecule has 0 spiro atoms. The van der Waals surface area contributed by atoms with E-state index in [0.29, 0.717) is 24.0 Å². The topological polar surface area (TPSA) is 71.8 Å². The Labute approximate surface area is 169 Å². The second-order valence-electron chi connectivity index (χ2n) is 6.99. The van der Waals surface area contributed by atoms with Gasteiger partial charge in [0, 0.05) is 30.9 Å². The van der Waals surface area contributed by atoms with Crippen molar-refractivity contribution in [3.05, 3.63) is 53.7 Å². The number of hydrogen-bond acceptors (Lipinski definition) is 6. The van der Waals surface area contributed by atoms with E-state index in [0.717, 1.165) is 48.3 Å². The van der Waals surface area contributed by atoms with Crippen LogP contribution in [-0.2, 0) is 16.1 Å². The van der Waals surface area contributed by atoms with E-state index in [4.69, 9.17) is 24.0 Å². The fraction of sp³-hybridized carbons (Fsp3) is 0.364. The Hall–Kier alpha value is -3.06. The predicted octanol–water partition coefficient (Wildman–Crippen LogP) is 3.76.